The predicted octanol–water partition coefficient (Wildman–Crippen LogP) is 3.72. The molecule has 4 nitrogen and oxygen atoms in total. The summed E-state index contributed by atoms with van der Waals surface area (Å²) in [7, 11) is 0. The highest BCUT2D eigenvalue weighted by molar-refractivity contribution is 5.87. The number of nitrogens with zero attached hydrogens (tertiary/aromatic N) is 2. The second kappa shape index (κ2) is 7.34. The molecule has 1 aliphatic heterocycles. The molecule has 0 unspecified atom stereocenters. The van der Waals surface area contributed by atoms with Crippen molar-refractivity contribution in [2.45, 2.75) is 32.4 Å². The highest BCUT2D eigenvalue weighted by atomic mass is 16.4. The molecule has 4 rings (SSSR count). The molecule has 0 bridgehead atoms. The molecule has 3 aromatic rings. The highest BCUT2D eigenvalue weighted by Gasteiger charge is 2.24. The average Bonchev–Trinajstić information content (AvgIpc) is 2.96. The number of fused-ring (bicyclic) bond motifs is 3. The topological polar surface area (TPSA) is 45.5 Å². The lowest BCUT2D eigenvalue weighted by atomic mass is 10.0. The van der Waals surface area contributed by atoms with Crippen molar-refractivity contribution in [1.29, 1.82) is 0 Å². The van der Waals surface area contributed by atoms with Gasteiger partial charge in [-0.25, -0.2) is 0 Å². The minimum Gasteiger partial charge on any atom is -0.480 e. The second-order valence-electron chi connectivity index (χ2n) is 7.04. The van der Waals surface area contributed by atoms with Crippen LogP contribution in [0.2, 0.25) is 0 Å². The van der Waals surface area contributed by atoms with E-state index in [0.29, 0.717) is 0 Å². The molecule has 0 radical (unpaired) electrons. The molecule has 0 aliphatic carbocycles. The summed E-state index contributed by atoms with van der Waals surface area (Å²) in [5.74, 6) is -0.779. The fraction of sp³-hybridized carbons (Fsp3) is 0.318. The molecular weight excluding hydrogens is 324 g/mol. The van der Waals surface area contributed by atoms with Gasteiger partial charge in [-0.3, -0.25) is 9.69 Å². The van der Waals surface area contributed by atoms with Gasteiger partial charge in [-0.2, -0.15) is 0 Å². The Bertz CT molecular complexity index is 915. The summed E-state index contributed by atoms with van der Waals surface area (Å²) in [4.78, 5) is 13.8. The Morgan fingerprint density at radius 1 is 1.04 bits per heavy atom. The third-order valence-electron chi connectivity index (χ3n) is 5.32. The van der Waals surface area contributed by atoms with Crippen molar-refractivity contribution in [3.05, 3.63) is 71.4 Å². The van der Waals surface area contributed by atoms with Gasteiger partial charge in [0.2, 0.25) is 0 Å². The van der Waals surface area contributed by atoms with Gasteiger partial charge in [-0.15, -0.1) is 0 Å². The first kappa shape index (κ1) is 16.9. The van der Waals surface area contributed by atoms with Crippen molar-refractivity contribution in [1.82, 2.24) is 9.47 Å². The maximum Gasteiger partial charge on any atom is 0.323 e. The Morgan fingerprint density at radius 2 is 1.81 bits per heavy atom. The molecule has 0 saturated heterocycles. The first-order chi connectivity index (χ1) is 12.7. The highest BCUT2D eigenvalue weighted by Crippen LogP contribution is 2.31. The van der Waals surface area contributed by atoms with Gasteiger partial charge < -0.3 is 9.67 Å². The molecular formula is C22H24N2O2. The minimum absolute atomic E-state index is 0.0455. The van der Waals surface area contributed by atoms with Gasteiger partial charge >= 0.3 is 5.97 Å². The molecule has 1 aliphatic rings. The number of benzene rings is 2. The Kier molecular flexibility index (Phi) is 4.76. The van der Waals surface area contributed by atoms with E-state index in [9.17, 15) is 9.90 Å². The zero-order valence-corrected chi connectivity index (χ0v) is 14.9. The number of carbonyl (C=O) groups is 1. The van der Waals surface area contributed by atoms with Crippen LogP contribution in [-0.2, 0) is 30.7 Å². The van der Waals surface area contributed by atoms with Crippen molar-refractivity contribution in [3.8, 4) is 0 Å². The van der Waals surface area contributed by atoms with Crippen LogP contribution in [-0.4, -0.2) is 33.6 Å². The minimum atomic E-state index is -0.779. The van der Waals surface area contributed by atoms with E-state index < -0.39 is 5.97 Å². The van der Waals surface area contributed by atoms with Gasteiger partial charge in [0.15, 0.2) is 0 Å². The molecule has 1 aromatic heterocycles. The number of aliphatic carboxylic acids is 1. The summed E-state index contributed by atoms with van der Waals surface area (Å²) in [6, 6.07) is 18.8. The van der Waals surface area contributed by atoms with Crippen molar-refractivity contribution >= 4 is 16.9 Å². The number of rotatable bonds is 6. The van der Waals surface area contributed by atoms with Crippen molar-refractivity contribution in [2.24, 2.45) is 0 Å². The van der Waals surface area contributed by atoms with Crippen molar-refractivity contribution < 1.29 is 9.90 Å². The van der Waals surface area contributed by atoms with Crippen LogP contribution >= 0.6 is 0 Å². The maximum absolute atomic E-state index is 11.3. The number of para-hydroxylation sites is 1. The van der Waals surface area contributed by atoms with E-state index in [1.165, 1.54) is 22.2 Å². The van der Waals surface area contributed by atoms with Crippen LogP contribution in [0.25, 0.3) is 10.9 Å². The molecule has 0 amide bonds. The Balaban J connectivity index is 1.50. The van der Waals surface area contributed by atoms with Crippen molar-refractivity contribution in [3.63, 3.8) is 0 Å². The third-order valence-corrected chi connectivity index (χ3v) is 5.32. The molecule has 0 saturated carbocycles. The largest absolute Gasteiger partial charge is 0.480 e. The smallest absolute Gasteiger partial charge is 0.323 e. The lowest BCUT2D eigenvalue weighted by Gasteiger charge is -2.28. The zero-order chi connectivity index (χ0) is 17.9. The van der Waals surface area contributed by atoms with E-state index >= 15 is 0 Å². The van der Waals surface area contributed by atoms with Crippen LogP contribution < -0.4 is 0 Å². The van der Waals surface area contributed by atoms with E-state index in [1.807, 2.05) is 22.8 Å². The number of aryl methyl sites for hydroxylation is 1. The maximum atomic E-state index is 11.3. The molecule has 4 heteroatoms. The number of hydrogen-bond donors (Lipinski definition) is 1. The molecule has 0 spiro atoms. The summed E-state index contributed by atoms with van der Waals surface area (Å²) < 4.78 is 1.99. The van der Waals surface area contributed by atoms with Crippen LogP contribution in [0.4, 0.5) is 0 Å². The number of carboxylic acids is 1. The van der Waals surface area contributed by atoms with Crippen LogP contribution in [0.1, 0.15) is 23.2 Å². The molecule has 2 heterocycles. The monoisotopic (exact) mass is 348 g/mol. The summed E-state index contributed by atoms with van der Waals surface area (Å²) in [5, 5.41) is 10.5. The van der Waals surface area contributed by atoms with E-state index in [-0.39, 0.29) is 6.54 Å². The van der Waals surface area contributed by atoms with Crippen LogP contribution in [0.15, 0.2) is 54.6 Å². The molecule has 134 valence electrons. The SMILES string of the molecule is O=C(O)Cn1c2c(c3ccccc31)CN(CCCc1ccccc1)CC2. The van der Waals surface area contributed by atoms with Gasteiger partial charge in [0.1, 0.15) is 6.54 Å². The van der Waals surface area contributed by atoms with Crippen molar-refractivity contribution in [2.75, 3.05) is 13.1 Å². The van der Waals surface area contributed by atoms with E-state index in [0.717, 1.165) is 44.4 Å². The number of carboxylic acid groups (broad SMARTS) is 1. The standard InChI is InChI=1S/C22H24N2O2/c25-22(26)16-24-20-11-5-4-10-18(20)19-15-23(14-12-21(19)24)13-6-9-17-7-2-1-3-8-17/h1-5,7-8,10-11H,6,9,12-16H2,(H,25,26). The average molecular weight is 348 g/mol. The molecule has 1 N–H and O–H groups in total. The second-order valence-corrected chi connectivity index (χ2v) is 7.04. The van der Waals surface area contributed by atoms with E-state index in [4.69, 9.17) is 0 Å². The molecule has 26 heavy (non-hydrogen) atoms. The Morgan fingerprint density at radius 3 is 2.62 bits per heavy atom. The number of hydrogen-bond acceptors (Lipinski definition) is 2. The normalized spacial score (nSPS) is 14.5. The Hall–Kier alpha value is -2.59. The van der Waals surface area contributed by atoms with Gasteiger partial charge in [0.05, 0.1) is 0 Å². The molecule has 0 atom stereocenters. The van der Waals surface area contributed by atoms with Gasteiger partial charge in [-0.05, 0) is 36.6 Å². The lowest BCUT2D eigenvalue weighted by Crippen LogP contribution is -2.32. The fourth-order valence-corrected chi connectivity index (χ4v) is 4.12. The first-order valence-electron chi connectivity index (χ1n) is 9.29. The first-order valence-corrected chi connectivity index (χ1v) is 9.29. The zero-order valence-electron chi connectivity index (χ0n) is 14.9. The van der Waals surface area contributed by atoms with E-state index in [1.54, 1.807) is 0 Å². The van der Waals surface area contributed by atoms with Crippen LogP contribution in [0, 0.1) is 0 Å². The fourth-order valence-electron chi connectivity index (χ4n) is 4.12. The Labute approximate surface area is 153 Å². The molecule has 0 fully saturated rings. The summed E-state index contributed by atoms with van der Waals surface area (Å²) >= 11 is 0. The molecule has 2 aromatic carbocycles. The third kappa shape index (κ3) is 3.37. The lowest BCUT2D eigenvalue weighted by molar-refractivity contribution is -0.137. The predicted molar refractivity (Wildman–Crippen MR) is 103 cm³/mol. The summed E-state index contributed by atoms with van der Waals surface area (Å²) in [6.45, 7) is 3.03. The number of aromatic nitrogens is 1. The van der Waals surface area contributed by atoms with Gasteiger partial charge in [0, 0.05) is 36.1 Å². The van der Waals surface area contributed by atoms with Crippen LogP contribution in [0.3, 0.4) is 0 Å². The quantitative estimate of drug-likeness (QED) is 0.738. The summed E-state index contributed by atoms with van der Waals surface area (Å²) in [6.07, 6.45) is 3.17. The van der Waals surface area contributed by atoms with Gasteiger partial charge in [0.25, 0.3) is 0 Å². The summed E-state index contributed by atoms with van der Waals surface area (Å²) in [5.41, 5.74) is 4.95. The van der Waals surface area contributed by atoms with Gasteiger partial charge in [-0.1, -0.05) is 48.5 Å². The van der Waals surface area contributed by atoms with Crippen LogP contribution in [0.5, 0.6) is 0 Å². The van der Waals surface area contributed by atoms with E-state index in [2.05, 4.69) is 41.3 Å².